The van der Waals surface area contributed by atoms with Gasteiger partial charge in [0.1, 0.15) is 12.4 Å². The molecule has 0 radical (unpaired) electrons. The third-order valence-electron chi connectivity index (χ3n) is 3.93. The van der Waals surface area contributed by atoms with Gasteiger partial charge in [0.15, 0.2) is 0 Å². The second-order valence-corrected chi connectivity index (χ2v) is 6.73. The fourth-order valence-corrected chi connectivity index (χ4v) is 3.45. The topological polar surface area (TPSA) is 21.3 Å². The van der Waals surface area contributed by atoms with Crippen molar-refractivity contribution >= 4 is 0 Å². The van der Waals surface area contributed by atoms with Crippen LogP contribution in [0.4, 0.5) is 0 Å². The van der Waals surface area contributed by atoms with E-state index in [0.717, 1.165) is 24.8 Å². The van der Waals surface area contributed by atoms with Gasteiger partial charge in [0.2, 0.25) is 0 Å². The monoisotopic (exact) mass is 261 g/mol. The molecule has 1 N–H and O–H groups in total. The molecule has 1 aliphatic carbocycles. The van der Waals surface area contributed by atoms with Crippen LogP contribution in [0.25, 0.3) is 0 Å². The Kier molecular flexibility index (Phi) is 4.87. The summed E-state index contributed by atoms with van der Waals surface area (Å²) in [6.07, 6.45) is 3.93. The molecule has 2 heteroatoms. The molecule has 1 saturated carbocycles. The number of benzene rings is 1. The van der Waals surface area contributed by atoms with Crippen LogP contribution in [0, 0.1) is 11.3 Å². The Morgan fingerprint density at radius 1 is 1.21 bits per heavy atom. The van der Waals surface area contributed by atoms with Crippen molar-refractivity contribution in [2.75, 3.05) is 13.2 Å². The van der Waals surface area contributed by atoms with Gasteiger partial charge < -0.3 is 10.1 Å². The van der Waals surface area contributed by atoms with Gasteiger partial charge in [-0.05, 0) is 42.7 Å². The smallest absolute Gasteiger partial charge is 0.119 e. The molecule has 1 aliphatic rings. The van der Waals surface area contributed by atoms with E-state index in [2.05, 4.69) is 26.1 Å². The van der Waals surface area contributed by atoms with Crippen molar-refractivity contribution in [1.82, 2.24) is 5.32 Å². The Balaban J connectivity index is 1.68. The molecule has 2 nitrogen and oxygen atoms in total. The lowest BCUT2D eigenvalue weighted by atomic mass is 9.70. The molecule has 0 saturated heterocycles. The third-order valence-corrected chi connectivity index (χ3v) is 3.93. The Bertz CT molecular complexity index is 374. The van der Waals surface area contributed by atoms with Crippen molar-refractivity contribution in [1.29, 1.82) is 0 Å². The Hall–Kier alpha value is -1.02. The zero-order chi connectivity index (χ0) is 13.7. The highest BCUT2D eigenvalue weighted by atomic mass is 16.5. The standard InChI is InChI=1S/C17H27NO/c1-14-11-15(13-17(2,3)12-14)18-9-10-19-16-7-5-4-6-8-16/h4-8,14-15,18H,9-13H2,1-3H3. The van der Waals surface area contributed by atoms with Crippen LogP contribution in [0.5, 0.6) is 5.75 Å². The summed E-state index contributed by atoms with van der Waals surface area (Å²) in [5.41, 5.74) is 0.482. The van der Waals surface area contributed by atoms with Gasteiger partial charge >= 0.3 is 0 Å². The Morgan fingerprint density at radius 3 is 2.63 bits per heavy atom. The van der Waals surface area contributed by atoms with E-state index in [1.165, 1.54) is 19.3 Å². The first-order valence-electron chi connectivity index (χ1n) is 7.46. The highest BCUT2D eigenvalue weighted by molar-refractivity contribution is 5.20. The lowest BCUT2D eigenvalue weighted by molar-refractivity contribution is 0.148. The van der Waals surface area contributed by atoms with Crippen LogP contribution in [0.2, 0.25) is 0 Å². The van der Waals surface area contributed by atoms with Crippen LogP contribution in [0.15, 0.2) is 30.3 Å². The van der Waals surface area contributed by atoms with Gasteiger partial charge in [-0.3, -0.25) is 0 Å². The van der Waals surface area contributed by atoms with Crippen LogP contribution in [-0.4, -0.2) is 19.2 Å². The Labute approximate surface area is 117 Å². The van der Waals surface area contributed by atoms with Crippen molar-refractivity contribution in [3.05, 3.63) is 30.3 Å². The SMILES string of the molecule is CC1CC(NCCOc2ccccc2)CC(C)(C)C1. The maximum atomic E-state index is 5.71. The van der Waals surface area contributed by atoms with E-state index >= 15 is 0 Å². The van der Waals surface area contributed by atoms with Crippen LogP contribution in [-0.2, 0) is 0 Å². The summed E-state index contributed by atoms with van der Waals surface area (Å²) in [4.78, 5) is 0. The van der Waals surface area contributed by atoms with E-state index in [0.29, 0.717) is 11.5 Å². The first-order chi connectivity index (χ1) is 9.05. The number of rotatable bonds is 5. The van der Waals surface area contributed by atoms with Crippen LogP contribution < -0.4 is 10.1 Å². The number of hydrogen-bond acceptors (Lipinski definition) is 2. The average molecular weight is 261 g/mol. The largest absolute Gasteiger partial charge is 0.492 e. The predicted molar refractivity (Wildman–Crippen MR) is 80.5 cm³/mol. The summed E-state index contributed by atoms with van der Waals surface area (Å²) < 4.78 is 5.71. The van der Waals surface area contributed by atoms with E-state index in [4.69, 9.17) is 4.74 Å². The van der Waals surface area contributed by atoms with E-state index < -0.39 is 0 Å². The average Bonchev–Trinajstić information content (AvgIpc) is 2.33. The molecular formula is C17H27NO. The van der Waals surface area contributed by atoms with E-state index in [1.807, 2.05) is 30.3 Å². The second kappa shape index (κ2) is 6.42. The lowest BCUT2D eigenvalue weighted by Gasteiger charge is -2.39. The minimum absolute atomic E-state index is 0.482. The van der Waals surface area contributed by atoms with Gasteiger partial charge in [-0.1, -0.05) is 39.0 Å². The fraction of sp³-hybridized carbons (Fsp3) is 0.647. The minimum Gasteiger partial charge on any atom is -0.492 e. The van der Waals surface area contributed by atoms with Gasteiger partial charge in [0, 0.05) is 12.6 Å². The van der Waals surface area contributed by atoms with Crippen molar-refractivity contribution in [3.8, 4) is 5.75 Å². The molecule has 0 spiro atoms. The first-order valence-corrected chi connectivity index (χ1v) is 7.46. The van der Waals surface area contributed by atoms with Gasteiger partial charge in [-0.25, -0.2) is 0 Å². The quantitative estimate of drug-likeness (QED) is 0.812. The highest BCUT2D eigenvalue weighted by Gasteiger charge is 2.31. The van der Waals surface area contributed by atoms with E-state index in [1.54, 1.807) is 0 Å². The summed E-state index contributed by atoms with van der Waals surface area (Å²) in [6, 6.07) is 10.7. The van der Waals surface area contributed by atoms with Gasteiger partial charge in [0.25, 0.3) is 0 Å². The molecule has 2 unspecified atom stereocenters. The van der Waals surface area contributed by atoms with E-state index in [9.17, 15) is 0 Å². The first kappa shape index (κ1) is 14.4. The molecule has 19 heavy (non-hydrogen) atoms. The molecule has 0 heterocycles. The van der Waals surface area contributed by atoms with Crippen molar-refractivity contribution in [2.45, 2.75) is 46.1 Å². The summed E-state index contributed by atoms with van der Waals surface area (Å²) >= 11 is 0. The zero-order valence-corrected chi connectivity index (χ0v) is 12.5. The van der Waals surface area contributed by atoms with Crippen molar-refractivity contribution in [2.24, 2.45) is 11.3 Å². The molecule has 0 aromatic heterocycles. The molecule has 106 valence electrons. The predicted octanol–water partition coefficient (Wildman–Crippen LogP) is 3.87. The second-order valence-electron chi connectivity index (χ2n) is 6.73. The maximum absolute atomic E-state index is 5.71. The van der Waals surface area contributed by atoms with Gasteiger partial charge in [-0.15, -0.1) is 0 Å². The number of ether oxygens (including phenoxy) is 1. The summed E-state index contributed by atoms with van der Waals surface area (Å²) in [5, 5.41) is 3.65. The normalized spacial score (nSPS) is 26.1. The van der Waals surface area contributed by atoms with Crippen molar-refractivity contribution in [3.63, 3.8) is 0 Å². The number of hydrogen-bond donors (Lipinski definition) is 1. The van der Waals surface area contributed by atoms with Gasteiger partial charge in [0.05, 0.1) is 0 Å². The van der Waals surface area contributed by atoms with Crippen LogP contribution >= 0.6 is 0 Å². The van der Waals surface area contributed by atoms with Crippen LogP contribution in [0.3, 0.4) is 0 Å². The molecule has 0 aliphatic heterocycles. The molecule has 2 rings (SSSR count). The highest BCUT2D eigenvalue weighted by Crippen LogP contribution is 2.38. The van der Waals surface area contributed by atoms with Crippen molar-refractivity contribution < 1.29 is 4.74 Å². The minimum atomic E-state index is 0.482. The fourth-order valence-electron chi connectivity index (χ4n) is 3.45. The molecule has 1 aromatic carbocycles. The molecular weight excluding hydrogens is 234 g/mol. The van der Waals surface area contributed by atoms with E-state index in [-0.39, 0.29) is 0 Å². The summed E-state index contributed by atoms with van der Waals surface area (Å²) in [6.45, 7) is 8.82. The number of para-hydroxylation sites is 1. The molecule has 1 fully saturated rings. The van der Waals surface area contributed by atoms with Gasteiger partial charge in [-0.2, -0.15) is 0 Å². The Morgan fingerprint density at radius 2 is 1.95 bits per heavy atom. The molecule has 0 amide bonds. The summed E-state index contributed by atoms with van der Waals surface area (Å²) in [7, 11) is 0. The molecule has 0 bridgehead atoms. The number of nitrogens with one attached hydrogen (secondary N) is 1. The summed E-state index contributed by atoms with van der Waals surface area (Å²) in [5.74, 6) is 1.79. The van der Waals surface area contributed by atoms with Crippen LogP contribution in [0.1, 0.15) is 40.0 Å². The zero-order valence-electron chi connectivity index (χ0n) is 12.5. The maximum Gasteiger partial charge on any atom is 0.119 e. The third kappa shape index (κ3) is 4.87. The lowest BCUT2D eigenvalue weighted by Crippen LogP contribution is -2.41. The molecule has 2 atom stereocenters. The molecule has 1 aromatic rings.